The zero-order chi connectivity index (χ0) is 12.5. The first-order chi connectivity index (χ1) is 8.01. The van der Waals surface area contributed by atoms with Gasteiger partial charge < -0.3 is 10.0 Å². The number of likely N-dealkylation sites (tertiary alicyclic amines) is 1. The van der Waals surface area contributed by atoms with Gasteiger partial charge in [0.1, 0.15) is 5.60 Å². The van der Waals surface area contributed by atoms with E-state index in [0.717, 1.165) is 31.6 Å². The molecule has 0 aromatic carbocycles. The average Bonchev–Trinajstić information content (AvgIpc) is 2.33. The Morgan fingerprint density at radius 1 is 1.29 bits per heavy atom. The van der Waals surface area contributed by atoms with Gasteiger partial charge in [-0.1, -0.05) is 19.9 Å². The Kier molecular flexibility index (Phi) is 3.50. The number of pyridine rings is 1. The van der Waals surface area contributed by atoms with Gasteiger partial charge in [0.05, 0.1) is 5.69 Å². The molecular formula is C14H22N2O. The van der Waals surface area contributed by atoms with Crippen molar-refractivity contribution in [2.45, 2.75) is 38.2 Å². The lowest BCUT2D eigenvalue weighted by atomic mass is 9.87. The van der Waals surface area contributed by atoms with E-state index >= 15 is 0 Å². The quantitative estimate of drug-likeness (QED) is 0.851. The molecule has 0 atom stereocenters. The average molecular weight is 234 g/mol. The Balaban J connectivity index is 2.16. The summed E-state index contributed by atoms with van der Waals surface area (Å²) in [6.07, 6.45) is 3.45. The van der Waals surface area contributed by atoms with Gasteiger partial charge in [0.15, 0.2) is 0 Å². The minimum Gasteiger partial charge on any atom is -0.383 e. The third kappa shape index (κ3) is 2.67. The fraction of sp³-hybridized carbons (Fsp3) is 0.643. The smallest absolute Gasteiger partial charge is 0.109 e. The molecule has 1 N–H and O–H groups in total. The summed E-state index contributed by atoms with van der Waals surface area (Å²) in [6.45, 7) is 6.18. The minimum atomic E-state index is -0.720. The molecule has 3 heteroatoms. The summed E-state index contributed by atoms with van der Waals surface area (Å²) in [5.74, 6) is 0.490. The maximum Gasteiger partial charge on any atom is 0.109 e. The van der Waals surface area contributed by atoms with Crippen molar-refractivity contribution in [2.75, 3.05) is 20.1 Å². The van der Waals surface area contributed by atoms with E-state index in [1.165, 1.54) is 5.56 Å². The van der Waals surface area contributed by atoms with Crippen LogP contribution < -0.4 is 0 Å². The first kappa shape index (κ1) is 12.5. The van der Waals surface area contributed by atoms with Crippen molar-refractivity contribution in [1.82, 2.24) is 9.88 Å². The highest BCUT2D eigenvalue weighted by Crippen LogP contribution is 2.31. The van der Waals surface area contributed by atoms with Crippen LogP contribution in [-0.2, 0) is 5.60 Å². The lowest BCUT2D eigenvalue weighted by Gasteiger charge is -2.36. The third-order valence-electron chi connectivity index (χ3n) is 3.74. The van der Waals surface area contributed by atoms with Crippen LogP contribution in [0, 0.1) is 0 Å². The van der Waals surface area contributed by atoms with Gasteiger partial charge in [0, 0.05) is 19.3 Å². The first-order valence-electron chi connectivity index (χ1n) is 6.38. The van der Waals surface area contributed by atoms with Crippen LogP contribution in [0.3, 0.4) is 0 Å². The zero-order valence-electron chi connectivity index (χ0n) is 11.0. The van der Waals surface area contributed by atoms with Crippen LogP contribution in [-0.4, -0.2) is 35.1 Å². The number of piperidine rings is 1. The molecule has 1 aromatic rings. The molecule has 1 aliphatic rings. The Hall–Kier alpha value is -0.930. The fourth-order valence-electron chi connectivity index (χ4n) is 2.27. The SMILES string of the molecule is CC(C)c1ccc(C2(O)CCN(C)CC2)nc1. The summed E-state index contributed by atoms with van der Waals surface area (Å²) < 4.78 is 0. The molecule has 1 saturated heterocycles. The van der Waals surface area contributed by atoms with Crippen molar-refractivity contribution < 1.29 is 5.11 Å². The number of hydrogen-bond acceptors (Lipinski definition) is 3. The number of rotatable bonds is 2. The Morgan fingerprint density at radius 3 is 2.41 bits per heavy atom. The van der Waals surface area contributed by atoms with Crippen LogP contribution in [0.4, 0.5) is 0 Å². The zero-order valence-corrected chi connectivity index (χ0v) is 11.0. The molecule has 1 fully saturated rings. The first-order valence-corrected chi connectivity index (χ1v) is 6.38. The summed E-state index contributed by atoms with van der Waals surface area (Å²) in [6, 6.07) is 4.07. The van der Waals surface area contributed by atoms with Crippen molar-refractivity contribution in [1.29, 1.82) is 0 Å². The maximum atomic E-state index is 10.6. The molecule has 3 nitrogen and oxygen atoms in total. The van der Waals surface area contributed by atoms with Crippen molar-refractivity contribution in [3.05, 3.63) is 29.6 Å². The summed E-state index contributed by atoms with van der Waals surface area (Å²) in [7, 11) is 2.09. The highest BCUT2D eigenvalue weighted by Gasteiger charge is 2.34. The predicted molar refractivity (Wildman–Crippen MR) is 69.0 cm³/mol. The summed E-state index contributed by atoms with van der Waals surface area (Å²) >= 11 is 0. The van der Waals surface area contributed by atoms with E-state index < -0.39 is 5.60 Å². The van der Waals surface area contributed by atoms with Gasteiger partial charge >= 0.3 is 0 Å². The lowest BCUT2D eigenvalue weighted by molar-refractivity contribution is -0.0238. The second-order valence-corrected chi connectivity index (χ2v) is 5.47. The number of aliphatic hydroxyl groups is 1. The molecule has 0 radical (unpaired) electrons. The van der Waals surface area contributed by atoms with Crippen LogP contribution in [0.2, 0.25) is 0 Å². The summed E-state index contributed by atoms with van der Waals surface area (Å²) in [5.41, 5.74) is 1.34. The van der Waals surface area contributed by atoms with E-state index in [1.807, 2.05) is 12.3 Å². The number of nitrogens with zero attached hydrogens (tertiary/aromatic N) is 2. The molecule has 1 aliphatic heterocycles. The Bertz CT molecular complexity index is 364. The Labute approximate surface area is 103 Å². The van der Waals surface area contributed by atoms with Crippen LogP contribution >= 0.6 is 0 Å². The van der Waals surface area contributed by atoms with Crippen molar-refractivity contribution in [3.8, 4) is 0 Å². The molecule has 2 heterocycles. The molecule has 0 saturated carbocycles. The van der Waals surface area contributed by atoms with E-state index in [-0.39, 0.29) is 0 Å². The number of hydrogen-bond donors (Lipinski definition) is 1. The van der Waals surface area contributed by atoms with E-state index in [1.54, 1.807) is 0 Å². The minimum absolute atomic E-state index is 0.490. The molecule has 17 heavy (non-hydrogen) atoms. The van der Waals surface area contributed by atoms with Crippen molar-refractivity contribution >= 4 is 0 Å². The molecule has 0 unspecified atom stereocenters. The maximum absolute atomic E-state index is 10.6. The normalized spacial score (nSPS) is 20.8. The molecule has 0 amide bonds. The van der Waals surface area contributed by atoms with E-state index in [0.29, 0.717) is 5.92 Å². The predicted octanol–water partition coefficient (Wildman–Crippen LogP) is 2.12. The Morgan fingerprint density at radius 2 is 1.94 bits per heavy atom. The van der Waals surface area contributed by atoms with Gasteiger partial charge in [-0.05, 0) is 37.4 Å². The highest BCUT2D eigenvalue weighted by atomic mass is 16.3. The topological polar surface area (TPSA) is 36.4 Å². The standard InChI is InChI=1S/C14H22N2O/c1-11(2)12-4-5-13(15-10-12)14(17)6-8-16(3)9-7-14/h4-5,10-11,17H,6-9H2,1-3H3. The third-order valence-corrected chi connectivity index (χ3v) is 3.74. The van der Waals surface area contributed by atoms with Crippen molar-refractivity contribution in [2.24, 2.45) is 0 Å². The van der Waals surface area contributed by atoms with Gasteiger partial charge in [0.25, 0.3) is 0 Å². The van der Waals surface area contributed by atoms with Gasteiger partial charge in [0.2, 0.25) is 0 Å². The second-order valence-electron chi connectivity index (χ2n) is 5.47. The summed E-state index contributed by atoms with van der Waals surface area (Å²) in [5, 5.41) is 10.6. The van der Waals surface area contributed by atoms with Crippen LogP contribution in [0.15, 0.2) is 18.3 Å². The number of aromatic nitrogens is 1. The molecule has 2 rings (SSSR count). The van der Waals surface area contributed by atoms with Crippen LogP contribution in [0.5, 0.6) is 0 Å². The van der Waals surface area contributed by atoms with Gasteiger partial charge in [-0.25, -0.2) is 0 Å². The summed E-state index contributed by atoms with van der Waals surface area (Å²) in [4.78, 5) is 6.70. The largest absolute Gasteiger partial charge is 0.383 e. The molecule has 1 aromatic heterocycles. The molecule has 94 valence electrons. The molecule has 0 spiro atoms. The molecule has 0 bridgehead atoms. The second kappa shape index (κ2) is 4.75. The van der Waals surface area contributed by atoms with Crippen LogP contribution in [0.1, 0.15) is 43.9 Å². The monoisotopic (exact) mass is 234 g/mol. The molecular weight excluding hydrogens is 212 g/mol. The van der Waals surface area contributed by atoms with Crippen molar-refractivity contribution in [3.63, 3.8) is 0 Å². The van der Waals surface area contributed by atoms with Gasteiger partial charge in [-0.2, -0.15) is 0 Å². The fourth-order valence-corrected chi connectivity index (χ4v) is 2.27. The lowest BCUT2D eigenvalue weighted by Crippen LogP contribution is -2.41. The van der Waals surface area contributed by atoms with Crippen LogP contribution in [0.25, 0.3) is 0 Å². The van der Waals surface area contributed by atoms with Gasteiger partial charge in [-0.15, -0.1) is 0 Å². The van der Waals surface area contributed by atoms with E-state index in [4.69, 9.17) is 0 Å². The highest BCUT2D eigenvalue weighted by molar-refractivity contribution is 5.21. The molecule has 0 aliphatic carbocycles. The van der Waals surface area contributed by atoms with Gasteiger partial charge in [-0.3, -0.25) is 4.98 Å². The van der Waals surface area contributed by atoms with E-state index in [9.17, 15) is 5.11 Å². The van der Waals surface area contributed by atoms with E-state index in [2.05, 4.69) is 36.8 Å².